The van der Waals surface area contributed by atoms with E-state index in [1.54, 1.807) is 0 Å². The highest BCUT2D eigenvalue weighted by atomic mass is 35.5. The lowest BCUT2D eigenvalue weighted by Crippen LogP contribution is -2.33. The summed E-state index contributed by atoms with van der Waals surface area (Å²) in [4.78, 5) is 7.35. The van der Waals surface area contributed by atoms with Crippen molar-refractivity contribution in [3.63, 3.8) is 0 Å². The van der Waals surface area contributed by atoms with Crippen LogP contribution in [0.1, 0.15) is 23.6 Å². The number of hydrogen-bond acceptors (Lipinski definition) is 3. The van der Waals surface area contributed by atoms with Crippen molar-refractivity contribution in [2.45, 2.75) is 24.9 Å². The predicted molar refractivity (Wildman–Crippen MR) is 72.9 cm³/mol. The molecule has 0 amide bonds. The molecule has 88 valence electrons. The van der Waals surface area contributed by atoms with E-state index in [-0.39, 0.29) is 0 Å². The van der Waals surface area contributed by atoms with Crippen LogP contribution < -0.4 is 0 Å². The molecule has 3 aliphatic rings. The van der Waals surface area contributed by atoms with Gasteiger partial charge in [0.1, 0.15) is 0 Å². The monoisotopic (exact) mass is 264 g/mol. The fourth-order valence-corrected chi connectivity index (χ4v) is 4.43. The summed E-state index contributed by atoms with van der Waals surface area (Å²) in [7, 11) is 0. The number of halogens is 1. The number of nitrogens with zero attached hydrogens (tertiary/aromatic N) is 2. The summed E-state index contributed by atoms with van der Waals surface area (Å²) in [5, 5.41) is 2.12. The number of fused-ring (bicyclic) bond motifs is 5. The molecule has 2 nitrogen and oxygen atoms in total. The zero-order valence-corrected chi connectivity index (χ0v) is 11.0. The molecular weight excluding hydrogens is 252 g/mol. The molecule has 2 heterocycles. The molecule has 1 aliphatic carbocycles. The van der Waals surface area contributed by atoms with Gasteiger partial charge in [-0.3, -0.25) is 4.99 Å². The summed E-state index contributed by atoms with van der Waals surface area (Å²) in [5.74, 6) is 1.19. The first-order valence-corrected chi connectivity index (χ1v) is 7.45. The van der Waals surface area contributed by atoms with Gasteiger partial charge in [-0.2, -0.15) is 0 Å². The van der Waals surface area contributed by atoms with E-state index in [1.807, 2.05) is 17.8 Å². The van der Waals surface area contributed by atoms with Gasteiger partial charge in [0.2, 0.25) is 0 Å². The van der Waals surface area contributed by atoms with Crippen LogP contribution in [0.3, 0.4) is 0 Å². The molecule has 1 aromatic carbocycles. The van der Waals surface area contributed by atoms with Crippen molar-refractivity contribution in [1.82, 2.24) is 4.90 Å². The zero-order valence-electron chi connectivity index (χ0n) is 9.40. The summed E-state index contributed by atoms with van der Waals surface area (Å²) in [6, 6.07) is 7.32. The van der Waals surface area contributed by atoms with E-state index in [2.05, 4.69) is 17.0 Å². The van der Waals surface area contributed by atoms with Crippen LogP contribution in [0.15, 0.2) is 23.2 Å². The average molecular weight is 265 g/mol. The van der Waals surface area contributed by atoms with E-state index in [4.69, 9.17) is 16.6 Å². The van der Waals surface area contributed by atoms with Gasteiger partial charge >= 0.3 is 0 Å². The number of aryl methyl sites for hydroxylation is 1. The summed E-state index contributed by atoms with van der Waals surface area (Å²) in [6.45, 7) is 1.15. The largest absolute Gasteiger partial charge is 0.341 e. The van der Waals surface area contributed by atoms with E-state index >= 15 is 0 Å². The third-order valence-corrected chi connectivity index (χ3v) is 5.14. The number of amidine groups is 1. The van der Waals surface area contributed by atoms with E-state index in [1.165, 1.54) is 28.5 Å². The Kier molecular flexibility index (Phi) is 2.21. The molecule has 0 radical (unpaired) electrons. The Labute approximate surface area is 110 Å². The topological polar surface area (TPSA) is 15.6 Å². The second kappa shape index (κ2) is 3.66. The highest BCUT2D eigenvalue weighted by Gasteiger charge is 2.42. The van der Waals surface area contributed by atoms with E-state index in [0.29, 0.717) is 12.1 Å². The minimum atomic E-state index is 0.478. The number of rotatable bonds is 0. The lowest BCUT2D eigenvalue weighted by atomic mass is 9.84. The van der Waals surface area contributed by atoms with Crippen LogP contribution in [0.5, 0.6) is 0 Å². The van der Waals surface area contributed by atoms with Crippen molar-refractivity contribution in [2.75, 3.05) is 12.3 Å². The molecule has 0 spiro atoms. The van der Waals surface area contributed by atoms with Crippen molar-refractivity contribution in [3.05, 3.63) is 34.3 Å². The smallest absolute Gasteiger partial charge is 0.160 e. The molecule has 4 rings (SSSR count). The molecule has 1 aromatic rings. The van der Waals surface area contributed by atoms with Gasteiger partial charge in [0.05, 0.1) is 12.1 Å². The van der Waals surface area contributed by atoms with Gasteiger partial charge in [0, 0.05) is 17.3 Å². The van der Waals surface area contributed by atoms with Crippen LogP contribution in [0, 0.1) is 0 Å². The molecule has 0 N–H and O–H groups in total. The van der Waals surface area contributed by atoms with Gasteiger partial charge in [0.15, 0.2) is 5.17 Å². The van der Waals surface area contributed by atoms with Crippen molar-refractivity contribution in [3.8, 4) is 0 Å². The molecule has 1 fully saturated rings. The summed E-state index contributed by atoms with van der Waals surface area (Å²) in [5.41, 5.74) is 2.87. The maximum atomic E-state index is 6.08. The third-order valence-electron chi connectivity index (χ3n) is 3.92. The molecule has 4 heteroatoms. The molecule has 0 unspecified atom stereocenters. The predicted octanol–water partition coefficient (Wildman–Crippen LogP) is 3.11. The number of benzene rings is 1. The van der Waals surface area contributed by atoms with E-state index in [9.17, 15) is 0 Å². The Morgan fingerprint density at radius 1 is 1.41 bits per heavy atom. The van der Waals surface area contributed by atoms with Gasteiger partial charge in [0.25, 0.3) is 0 Å². The highest BCUT2D eigenvalue weighted by molar-refractivity contribution is 8.14. The van der Waals surface area contributed by atoms with E-state index < -0.39 is 0 Å². The molecule has 1 saturated heterocycles. The lowest BCUT2D eigenvalue weighted by molar-refractivity contribution is 0.309. The van der Waals surface area contributed by atoms with Crippen molar-refractivity contribution < 1.29 is 0 Å². The Bertz CT molecular complexity index is 514. The standard InChI is InChI=1S/C13H13ClN2S/c14-9-2-3-10-8(7-9)1-4-11-12(10)16-5-6-17-13(16)15-11/h2-3,7,11-12H,1,4-6H2/t11-,12+/m1/s1. The van der Waals surface area contributed by atoms with Crippen molar-refractivity contribution in [2.24, 2.45) is 4.99 Å². The summed E-state index contributed by atoms with van der Waals surface area (Å²) < 4.78 is 0. The Balaban J connectivity index is 1.81. The summed E-state index contributed by atoms with van der Waals surface area (Å²) >= 11 is 7.99. The molecule has 2 aliphatic heterocycles. The Morgan fingerprint density at radius 3 is 3.29 bits per heavy atom. The van der Waals surface area contributed by atoms with Gasteiger partial charge in [-0.1, -0.05) is 29.4 Å². The minimum Gasteiger partial charge on any atom is -0.341 e. The number of aliphatic imine (C=N–C) groups is 1. The average Bonchev–Trinajstić information content (AvgIpc) is 2.88. The lowest BCUT2D eigenvalue weighted by Gasteiger charge is -2.32. The number of hydrogen-bond donors (Lipinski definition) is 0. The first-order chi connectivity index (χ1) is 8.33. The second-order valence-corrected chi connectivity index (χ2v) is 6.35. The SMILES string of the molecule is Clc1ccc2c(c1)CC[C@H]1N=C3SCCN3[C@@H]21. The van der Waals surface area contributed by atoms with Crippen LogP contribution in [-0.2, 0) is 6.42 Å². The van der Waals surface area contributed by atoms with Gasteiger partial charge < -0.3 is 4.90 Å². The third kappa shape index (κ3) is 1.45. The highest BCUT2D eigenvalue weighted by Crippen LogP contribution is 2.44. The first kappa shape index (κ1) is 10.3. The van der Waals surface area contributed by atoms with Crippen molar-refractivity contribution in [1.29, 1.82) is 0 Å². The van der Waals surface area contributed by atoms with Gasteiger partial charge in [-0.15, -0.1) is 0 Å². The van der Waals surface area contributed by atoms with E-state index in [0.717, 1.165) is 18.0 Å². The van der Waals surface area contributed by atoms with Crippen LogP contribution in [-0.4, -0.2) is 28.4 Å². The van der Waals surface area contributed by atoms with Crippen molar-refractivity contribution >= 4 is 28.5 Å². The normalized spacial score (nSPS) is 29.7. The quantitative estimate of drug-likeness (QED) is 0.716. The Morgan fingerprint density at radius 2 is 2.35 bits per heavy atom. The molecule has 17 heavy (non-hydrogen) atoms. The second-order valence-electron chi connectivity index (χ2n) is 4.85. The minimum absolute atomic E-state index is 0.478. The summed E-state index contributed by atoms with van der Waals surface area (Å²) in [6.07, 6.45) is 2.28. The van der Waals surface area contributed by atoms with Crippen LogP contribution in [0.2, 0.25) is 5.02 Å². The number of thioether (sulfide) groups is 1. The maximum absolute atomic E-state index is 6.08. The fraction of sp³-hybridized carbons (Fsp3) is 0.462. The first-order valence-electron chi connectivity index (χ1n) is 6.08. The molecule has 2 atom stereocenters. The van der Waals surface area contributed by atoms with Crippen LogP contribution in [0.4, 0.5) is 0 Å². The Hall–Kier alpha value is -0.670. The van der Waals surface area contributed by atoms with Gasteiger partial charge in [-0.05, 0) is 36.1 Å². The molecule has 0 aromatic heterocycles. The van der Waals surface area contributed by atoms with Crippen LogP contribution in [0.25, 0.3) is 0 Å². The fourth-order valence-electron chi connectivity index (χ4n) is 3.18. The molecular formula is C13H13ClN2S. The van der Waals surface area contributed by atoms with Gasteiger partial charge in [-0.25, -0.2) is 0 Å². The molecule has 0 saturated carbocycles. The maximum Gasteiger partial charge on any atom is 0.160 e. The molecule has 0 bridgehead atoms. The van der Waals surface area contributed by atoms with Crippen LogP contribution >= 0.6 is 23.4 Å². The zero-order chi connectivity index (χ0) is 11.4.